The molecule has 0 aliphatic carbocycles. The molecule has 2 fully saturated rings. The number of morpholine rings is 1. The number of benzene rings is 2. The van der Waals surface area contributed by atoms with Gasteiger partial charge >= 0.3 is 12.1 Å². The number of nitrogens with zero attached hydrogens (tertiary/aromatic N) is 1. The third-order valence-corrected chi connectivity index (χ3v) is 6.97. The van der Waals surface area contributed by atoms with Crippen LogP contribution in [0.15, 0.2) is 42.5 Å². The largest absolute Gasteiger partial charge is 0.481 e. The monoisotopic (exact) mass is 556 g/mol. The third kappa shape index (κ3) is 6.72. The van der Waals surface area contributed by atoms with Crippen molar-refractivity contribution >= 4 is 18.0 Å². The summed E-state index contributed by atoms with van der Waals surface area (Å²) in [6.07, 6.45) is 0.807. The van der Waals surface area contributed by atoms with Gasteiger partial charge in [-0.25, -0.2) is 14.0 Å². The molecule has 2 atom stereocenters. The van der Waals surface area contributed by atoms with Gasteiger partial charge in [0.2, 0.25) is 5.91 Å². The Morgan fingerprint density at radius 1 is 1.15 bits per heavy atom. The van der Waals surface area contributed by atoms with E-state index in [1.165, 1.54) is 0 Å². The van der Waals surface area contributed by atoms with Crippen LogP contribution in [0, 0.1) is 5.82 Å². The molecule has 1 N–H and O–H groups in total. The van der Waals surface area contributed by atoms with E-state index < -0.39 is 35.1 Å². The molecule has 2 aromatic carbocycles. The van der Waals surface area contributed by atoms with E-state index in [0.717, 1.165) is 0 Å². The van der Waals surface area contributed by atoms with E-state index >= 15 is 4.39 Å². The molecule has 1 spiro atoms. The highest BCUT2D eigenvalue weighted by atomic mass is 19.1. The number of hydrogen-bond donors (Lipinski definition) is 1. The summed E-state index contributed by atoms with van der Waals surface area (Å²) in [5.41, 5.74) is -0.486. The highest BCUT2D eigenvalue weighted by Crippen LogP contribution is 2.37. The zero-order valence-corrected chi connectivity index (χ0v) is 23.5. The van der Waals surface area contributed by atoms with E-state index in [1.54, 1.807) is 75.1 Å². The van der Waals surface area contributed by atoms with Crippen LogP contribution in [0.25, 0.3) is 11.1 Å². The lowest BCUT2D eigenvalue weighted by Crippen LogP contribution is -2.71. The Morgan fingerprint density at radius 3 is 2.62 bits per heavy atom. The zero-order valence-electron chi connectivity index (χ0n) is 23.5. The van der Waals surface area contributed by atoms with Crippen LogP contribution in [0.3, 0.4) is 0 Å². The molecule has 9 nitrogen and oxygen atoms in total. The standard InChI is InChI=1S/C30H37FN2O7/c1-5-38-26(35)18-39-23-13-7-6-11-21(23)22-12-8-10-20(27(22)31)16-24-30(19-37-17-25(34)32-30)14-9-15-33(24)28(36)40-29(2,3)4/h6-8,10-13,24H,5,9,14-19H2,1-4H3,(H,32,34). The highest BCUT2D eigenvalue weighted by molar-refractivity contribution is 5.79. The quantitative estimate of drug-likeness (QED) is 0.509. The lowest BCUT2D eigenvalue weighted by atomic mass is 9.77. The number of halogens is 1. The molecule has 0 saturated carbocycles. The van der Waals surface area contributed by atoms with Gasteiger partial charge in [0.25, 0.3) is 0 Å². The summed E-state index contributed by atoms with van der Waals surface area (Å²) in [7, 11) is 0. The Kier molecular flexibility index (Phi) is 8.98. The number of carbonyl (C=O) groups is 3. The van der Waals surface area contributed by atoms with E-state index in [-0.39, 0.29) is 44.3 Å². The van der Waals surface area contributed by atoms with Crippen molar-refractivity contribution in [2.75, 3.05) is 33.0 Å². The maximum atomic E-state index is 16.2. The van der Waals surface area contributed by atoms with Crippen molar-refractivity contribution in [1.82, 2.24) is 10.2 Å². The van der Waals surface area contributed by atoms with Crippen LogP contribution >= 0.6 is 0 Å². The summed E-state index contributed by atoms with van der Waals surface area (Å²) in [5, 5.41) is 3.06. The maximum absolute atomic E-state index is 16.2. The Labute approximate surface area is 233 Å². The normalized spacial score (nSPS) is 21.1. The molecule has 40 heavy (non-hydrogen) atoms. The minimum atomic E-state index is -0.881. The Hall–Kier alpha value is -3.66. The van der Waals surface area contributed by atoms with Gasteiger partial charge in [0, 0.05) is 17.7 Å². The molecule has 216 valence electrons. The molecule has 2 aliphatic rings. The third-order valence-electron chi connectivity index (χ3n) is 6.97. The average molecular weight is 557 g/mol. The average Bonchev–Trinajstić information content (AvgIpc) is 2.89. The van der Waals surface area contributed by atoms with Crippen molar-refractivity contribution in [2.24, 2.45) is 0 Å². The van der Waals surface area contributed by atoms with Crippen LogP contribution in [0.2, 0.25) is 0 Å². The minimum Gasteiger partial charge on any atom is -0.481 e. The van der Waals surface area contributed by atoms with Crippen molar-refractivity contribution < 1.29 is 37.7 Å². The molecule has 0 bridgehead atoms. The molecule has 2 aromatic rings. The van der Waals surface area contributed by atoms with Gasteiger partial charge in [-0.1, -0.05) is 36.4 Å². The number of likely N-dealkylation sites (tertiary alicyclic amines) is 1. The molecule has 2 amide bonds. The second-order valence-corrected chi connectivity index (χ2v) is 11.1. The molecule has 0 radical (unpaired) electrons. The lowest BCUT2D eigenvalue weighted by molar-refractivity contribution is -0.145. The molecular formula is C30H37FN2O7. The molecule has 2 saturated heterocycles. The van der Waals surface area contributed by atoms with Crippen molar-refractivity contribution in [1.29, 1.82) is 0 Å². The summed E-state index contributed by atoms with van der Waals surface area (Å²) < 4.78 is 38.2. The SMILES string of the molecule is CCOC(=O)COc1ccccc1-c1cccc(CC2N(C(=O)OC(C)(C)C)CCCC23COCC(=O)N3)c1F. The molecule has 4 rings (SSSR count). The second-order valence-electron chi connectivity index (χ2n) is 11.1. The van der Waals surface area contributed by atoms with Crippen LogP contribution < -0.4 is 10.1 Å². The molecule has 2 aliphatic heterocycles. The first-order valence-electron chi connectivity index (χ1n) is 13.6. The number of ether oxygens (including phenoxy) is 4. The zero-order chi connectivity index (χ0) is 28.9. The Morgan fingerprint density at radius 2 is 1.90 bits per heavy atom. The van der Waals surface area contributed by atoms with E-state index in [4.69, 9.17) is 18.9 Å². The number of hydrogen-bond acceptors (Lipinski definition) is 7. The summed E-state index contributed by atoms with van der Waals surface area (Å²) in [4.78, 5) is 39.2. The van der Waals surface area contributed by atoms with E-state index in [9.17, 15) is 14.4 Å². The minimum absolute atomic E-state index is 0.0622. The molecule has 2 unspecified atom stereocenters. The van der Waals surface area contributed by atoms with Gasteiger partial charge in [-0.3, -0.25) is 4.79 Å². The highest BCUT2D eigenvalue weighted by Gasteiger charge is 2.50. The van der Waals surface area contributed by atoms with E-state index in [0.29, 0.717) is 36.3 Å². The number of nitrogens with one attached hydrogen (secondary N) is 1. The van der Waals surface area contributed by atoms with Crippen molar-refractivity contribution in [2.45, 2.75) is 64.1 Å². The smallest absolute Gasteiger partial charge is 0.410 e. The van der Waals surface area contributed by atoms with Gasteiger partial charge in [-0.15, -0.1) is 0 Å². The summed E-state index contributed by atoms with van der Waals surface area (Å²) in [6.45, 7) is 7.54. The van der Waals surface area contributed by atoms with Gasteiger partial charge in [0.15, 0.2) is 6.61 Å². The number of esters is 1. The van der Waals surface area contributed by atoms with Crippen molar-refractivity contribution in [3.63, 3.8) is 0 Å². The number of rotatable bonds is 7. The fourth-order valence-corrected chi connectivity index (χ4v) is 5.33. The Bertz CT molecular complexity index is 1240. The fraction of sp³-hybridized carbons (Fsp3) is 0.500. The van der Waals surface area contributed by atoms with Gasteiger partial charge in [-0.05, 0) is 58.6 Å². The summed E-state index contributed by atoms with van der Waals surface area (Å²) in [5.74, 6) is -0.941. The maximum Gasteiger partial charge on any atom is 0.410 e. The first-order chi connectivity index (χ1) is 19.0. The van der Waals surface area contributed by atoms with Crippen LogP contribution in [0.4, 0.5) is 9.18 Å². The van der Waals surface area contributed by atoms with Crippen molar-refractivity contribution in [3.8, 4) is 16.9 Å². The molecule has 10 heteroatoms. The topological polar surface area (TPSA) is 103 Å². The van der Waals surface area contributed by atoms with Crippen molar-refractivity contribution in [3.05, 3.63) is 53.8 Å². The number of amides is 2. The summed E-state index contributed by atoms with van der Waals surface area (Å²) >= 11 is 0. The van der Waals surface area contributed by atoms with E-state index in [1.807, 2.05) is 0 Å². The summed E-state index contributed by atoms with van der Waals surface area (Å²) in [6, 6.07) is 11.3. The number of para-hydroxylation sites is 1. The van der Waals surface area contributed by atoms with Crippen LogP contribution in [-0.4, -0.2) is 73.0 Å². The predicted molar refractivity (Wildman–Crippen MR) is 145 cm³/mol. The Balaban J connectivity index is 1.68. The first kappa shape index (κ1) is 29.3. The fourth-order valence-electron chi connectivity index (χ4n) is 5.33. The van der Waals surface area contributed by atoms with Gasteiger partial charge in [0.05, 0.1) is 24.8 Å². The van der Waals surface area contributed by atoms with Gasteiger partial charge in [0.1, 0.15) is 23.8 Å². The molecular weight excluding hydrogens is 519 g/mol. The van der Waals surface area contributed by atoms with Crippen LogP contribution in [0.5, 0.6) is 5.75 Å². The van der Waals surface area contributed by atoms with Crippen LogP contribution in [0.1, 0.15) is 46.1 Å². The number of piperidine rings is 1. The lowest BCUT2D eigenvalue weighted by Gasteiger charge is -2.51. The number of carbonyl (C=O) groups excluding carboxylic acids is 3. The molecule has 2 heterocycles. The predicted octanol–water partition coefficient (Wildman–Crippen LogP) is 4.26. The van der Waals surface area contributed by atoms with Crippen LogP contribution in [-0.2, 0) is 30.2 Å². The second kappa shape index (κ2) is 12.2. The first-order valence-corrected chi connectivity index (χ1v) is 13.6. The van der Waals surface area contributed by atoms with Gasteiger partial charge in [-0.2, -0.15) is 0 Å². The molecule has 0 aromatic heterocycles. The van der Waals surface area contributed by atoms with Gasteiger partial charge < -0.3 is 29.2 Å². The van der Waals surface area contributed by atoms with E-state index in [2.05, 4.69) is 5.32 Å².